The maximum Gasteiger partial charge on any atom is 0.225 e. The van der Waals surface area contributed by atoms with E-state index in [2.05, 4.69) is 58.8 Å². The maximum absolute atomic E-state index is 12.1. The van der Waals surface area contributed by atoms with Gasteiger partial charge in [0.25, 0.3) is 0 Å². The van der Waals surface area contributed by atoms with Gasteiger partial charge in [0.05, 0.1) is 89.6 Å². The van der Waals surface area contributed by atoms with E-state index in [1.807, 2.05) is 41.5 Å². The molecule has 51 heavy (non-hydrogen) atoms. The van der Waals surface area contributed by atoms with Crippen LogP contribution in [-0.4, -0.2) is 132 Å². The van der Waals surface area contributed by atoms with E-state index in [0.717, 1.165) is 50.7 Å². The number of nitrogens with one attached hydrogen (secondary N) is 1. The highest BCUT2D eigenvalue weighted by Crippen LogP contribution is 2.46. The Bertz CT molecular complexity index is 1110. The fourth-order valence-electron chi connectivity index (χ4n) is 10.7. The number of quaternary nitrogens is 3. The van der Waals surface area contributed by atoms with Gasteiger partial charge in [0.2, 0.25) is 11.8 Å². The predicted octanol–water partition coefficient (Wildman–Crippen LogP) is 7.05. The minimum Gasteiger partial charge on any atom is -0.350 e. The molecule has 0 saturated carbocycles. The molecule has 2 amide bonds. The number of carbonyl (C=O) groups is 3. The van der Waals surface area contributed by atoms with E-state index in [9.17, 15) is 14.4 Å². The first kappa shape index (κ1) is 43.9. The summed E-state index contributed by atoms with van der Waals surface area (Å²) in [6.07, 6.45) is 11.5. The molecule has 4 unspecified atom stereocenters. The van der Waals surface area contributed by atoms with E-state index in [4.69, 9.17) is 0 Å². The molecule has 0 aliphatic carbocycles. The Kier molecular flexibility index (Phi) is 16.1. The molecule has 5 saturated heterocycles. The number of nitrogens with zero attached hydrogens (tertiary/aromatic N) is 4. The first-order valence-electron chi connectivity index (χ1n) is 21.5. The highest BCUT2D eigenvalue weighted by atomic mass is 16.2. The Labute approximate surface area is 315 Å². The average molecular weight is 719 g/mol. The molecule has 5 heterocycles. The Morgan fingerprint density at radius 3 is 1.73 bits per heavy atom. The molecule has 2 bridgehead atoms. The summed E-state index contributed by atoms with van der Waals surface area (Å²) in [4.78, 5) is 37.6. The van der Waals surface area contributed by atoms with Crippen LogP contribution in [0, 0.1) is 23.7 Å². The molecule has 5 fully saturated rings. The van der Waals surface area contributed by atoms with Crippen LogP contribution in [0.25, 0.3) is 0 Å². The first-order valence-corrected chi connectivity index (χ1v) is 21.5. The van der Waals surface area contributed by atoms with Crippen molar-refractivity contribution in [1.82, 2.24) is 10.2 Å². The van der Waals surface area contributed by atoms with E-state index in [1.54, 1.807) is 0 Å². The van der Waals surface area contributed by atoms with Gasteiger partial charge in [-0.05, 0) is 47.5 Å². The predicted molar refractivity (Wildman–Crippen MR) is 212 cm³/mol. The van der Waals surface area contributed by atoms with Crippen LogP contribution < -0.4 is 5.32 Å². The fourth-order valence-corrected chi connectivity index (χ4v) is 10.7. The third-order valence-electron chi connectivity index (χ3n) is 14.7. The Morgan fingerprint density at radius 1 is 0.667 bits per heavy atom. The Morgan fingerprint density at radius 2 is 1.25 bits per heavy atom. The van der Waals surface area contributed by atoms with Crippen molar-refractivity contribution in [2.24, 2.45) is 23.7 Å². The topological polar surface area (TPSA) is 66.5 Å². The number of piperidine rings is 1. The minimum atomic E-state index is 0.103. The monoisotopic (exact) mass is 719 g/mol. The molecule has 0 spiro atoms. The van der Waals surface area contributed by atoms with E-state index in [0.29, 0.717) is 35.7 Å². The summed E-state index contributed by atoms with van der Waals surface area (Å²) in [5.74, 6) is 2.14. The van der Waals surface area contributed by atoms with Gasteiger partial charge in [-0.25, -0.2) is 0 Å². The second-order valence-electron chi connectivity index (χ2n) is 19.4. The second kappa shape index (κ2) is 18.7. The van der Waals surface area contributed by atoms with Crippen LogP contribution >= 0.6 is 0 Å². The maximum atomic E-state index is 12.1. The summed E-state index contributed by atoms with van der Waals surface area (Å²) in [6.45, 7) is 34.9. The van der Waals surface area contributed by atoms with Gasteiger partial charge in [-0.15, -0.1) is 0 Å². The molecule has 5 aliphatic heterocycles. The zero-order valence-electron chi connectivity index (χ0n) is 35.8. The summed E-state index contributed by atoms with van der Waals surface area (Å²) in [5, 5.41) is 3.03. The number of ketones is 1. The molecule has 8 nitrogen and oxygen atoms in total. The van der Waals surface area contributed by atoms with Crippen LogP contribution in [0.3, 0.4) is 0 Å². The molecule has 4 atom stereocenters. The molecular weight excluding hydrogens is 635 g/mol. The zero-order valence-corrected chi connectivity index (χ0v) is 35.8. The number of rotatable bonds is 11. The molecule has 5 aliphatic rings. The van der Waals surface area contributed by atoms with Crippen molar-refractivity contribution in [2.75, 3.05) is 59.4 Å². The number of hydrogen-bond acceptors (Lipinski definition) is 3. The van der Waals surface area contributed by atoms with Gasteiger partial charge in [-0.1, -0.05) is 41.5 Å². The normalized spacial score (nSPS) is 31.2. The average Bonchev–Trinajstić information content (AvgIpc) is 3.76. The van der Waals surface area contributed by atoms with Crippen molar-refractivity contribution >= 4 is 17.6 Å². The molecule has 5 rings (SSSR count). The minimum absolute atomic E-state index is 0.103. The summed E-state index contributed by atoms with van der Waals surface area (Å²) >= 11 is 0. The van der Waals surface area contributed by atoms with Gasteiger partial charge in [0, 0.05) is 75.5 Å². The number of hydrogen-bond donors (Lipinski definition) is 1. The zero-order chi connectivity index (χ0) is 38.3. The van der Waals surface area contributed by atoms with Crippen LogP contribution in [0.15, 0.2) is 0 Å². The van der Waals surface area contributed by atoms with Gasteiger partial charge in [0.1, 0.15) is 11.8 Å². The second-order valence-corrected chi connectivity index (χ2v) is 19.4. The van der Waals surface area contributed by atoms with Gasteiger partial charge in [-0.3, -0.25) is 14.4 Å². The Hall–Kier alpha value is -1.51. The van der Waals surface area contributed by atoms with Crippen LogP contribution in [0.4, 0.5) is 0 Å². The van der Waals surface area contributed by atoms with Crippen LogP contribution in [0.1, 0.15) is 141 Å². The molecule has 296 valence electrons. The highest BCUT2D eigenvalue weighted by Gasteiger charge is 2.53. The van der Waals surface area contributed by atoms with Crippen molar-refractivity contribution < 1.29 is 27.8 Å². The van der Waals surface area contributed by atoms with Crippen molar-refractivity contribution in [3.63, 3.8) is 0 Å². The lowest BCUT2D eigenvalue weighted by Crippen LogP contribution is -2.66. The lowest BCUT2D eigenvalue weighted by molar-refractivity contribution is -0.968. The summed E-state index contributed by atoms with van der Waals surface area (Å²) in [7, 11) is 2.45. The van der Waals surface area contributed by atoms with E-state index >= 15 is 0 Å². The lowest BCUT2D eigenvalue weighted by atomic mass is 9.83. The van der Waals surface area contributed by atoms with Crippen LogP contribution in [0.2, 0.25) is 0 Å². The van der Waals surface area contributed by atoms with Crippen molar-refractivity contribution in [3.8, 4) is 0 Å². The molecule has 0 aromatic rings. The number of carbonyl (C=O) groups excluding carboxylic acids is 3. The van der Waals surface area contributed by atoms with E-state index in [-0.39, 0.29) is 23.7 Å². The summed E-state index contributed by atoms with van der Waals surface area (Å²) in [5.41, 5.74) is 0. The van der Waals surface area contributed by atoms with Crippen LogP contribution in [-0.2, 0) is 14.4 Å². The molecule has 1 N–H and O–H groups in total. The molecule has 0 radical (unpaired) electrons. The van der Waals surface area contributed by atoms with Crippen molar-refractivity contribution in [3.05, 3.63) is 0 Å². The highest BCUT2D eigenvalue weighted by molar-refractivity contribution is 5.80. The number of amides is 2. The quantitative estimate of drug-likeness (QED) is 0.233. The third-order valence-corrected chi connectivity index (χ3v) is 14.7. The van der Waals surface area contributed by atoms with E-state index in [1.165, 1.54) is 91.0 Å². The number of Topliss-reactive ketones (excluding diaryl/α,β-unsaturated/α-hetero) is 1. The van der Waals surface area contributed by atoms with Crippen molar-refractivity contribution in [2.45, 2.75) is 177 Å². The van der Waals surface area contributed by atoms with Gasteiger partial charge in [-0.2, -0.15) is 0 Å². The van der Waals surface area contributed by atoms with Gasteiger partial charge in [0.15, 0.2) is 0 Å². The molecular formula is C43H84N5O3+3. The van der Waals surface area contributed by atoms with E-state index < -0.39 is 0 Å². The smallest absolute Gasteiger partial charge is 0.225 e. The van der Waals surface area contributed by atoms with Gasteiger partial charge >= 0.3 is 0 Å². The van der Waals surface area contributed by atoms with Crippen LogP contribution in [0.5, 0.6) is 0 Å². The number of fused-ring (bicyclic) bond motifs is 3. The fraction of sp³-hybridized carbons (Fsp3) is 0.930. The SMILES string of the molecule is CC(C)C(=O)CC1CC2CCC(C1)[N+]2(C)C(C)C.CC(C)C(=O)N1CC[N+]2(C(C)C)CCCC2C1.CC(C)C(=O)NCC[N+]1(C(C)C)CCCC1. The summed E-state index contributed by atoms with van der Waals surface area (Å²) in [6, 6.07) is 4.44. The third kappa shape index (κ3) is 10.4. The molecule has 0 aromatic heterocycles. The standard InChI is InChI=1S/C16H30NO.C14H27N2O.C13H26N2O/c1-11(2)16(18)10-13-8-14-6-7-15(9-13)17(14,5)12(3)4;1-11(2)14(17)15-7-9-16(12(3)4)8-5-6-13(16)10-15;1-11(2)13(16)14-7-10-15(12(3)4)8-5-6-9-15/h11-15H,6-10H2,1-5H3;11-13H,5-10H2,1-4H3;11-12H,5-10H2,1-4H3/q2*+1;/p+1. The lowest BCUT2D eigenvalue weighted by Gasteiger charge is -2.50. The molecule has 0 aromatic carbocycles. The Balaban J connectivity index is 0.000000207. The van der Waals surface area contributed by atoms with Gasteiger partial charge < -0.3 is 23.7 Å². The summed E-state index contributed by atoms with van der Waals surface area (Å²) < 4.78 is 3.73. The van der Waals surface area contributed by atoms with Crippen molar-refractivity contribution in [1.29, 1.82) is 0 Å². The first-order chi connectivity index (χ1) is 23.8. The largest absolute Gasteiger partial charge is 0.350 e. The molecule has 8 heteroatoms. The number of likely N-dealkylation sites (tertiary alicyclic amines) is 1. The number of piperazine rings is 1.